The zero-order valence-electron chi connectivity index (χ0n) is 9.56. The van der Waals surface area contributed by atoms with Gasteiger partial charge in [-0.1, -0.05) is 0 Å². The van der Waals surface area contributed by atoms with Crippen molar-refractivity contribution < 1.29 is 4.79 Å². The first-order chi connectivity index (χ1) is 7.83. The lowest BCUT2D eigenvalue weighted by Gasteiger charge is -2.02. The molecule has 2 amide bonds. The SMILES string of the molecule is CNC(=O)NSCCSCCc1c[nH]cn1.I. The van der Waals surface area contributed by atoms with Gasteiger partial charge in [0, 0.05) is 31.2 Å². The van der Waals surface area contributed by atoms with Crippen LogP contribution in [-0.2, 0) is 6.42 Å². The number of aromatic amines is 1. The summed E-state index contributed by atoms with van der Waals surface area (Å²) in [6.45, 7) is 0. The number of carbonyl (C=O) groups excluding carboxylic acids is 1. The Morgan fingerprint density at radius 1 is 1.47 bits per heavy atom. The van der Waals surface area contributed by atoms with Crippen LogP contribution in [0.3, 0.4) is 0 Å². The van der Waals surface area contributed by atoms with Crippen molar-refractivity contribution in [2.24, 2.45) is 0 Å². The van der Waals surface area contributed by atoms with E-state index in [1.54, 1.807) is 13.4 Å². The van der Waals surface area contributed by atoms with Crippen LogP contribution in [-0.4, -0.2) is 40.3 Å². The molecule has 3 N–H and O–H groups in total. The quantitative estimate of drug-likeness (QED) is 0.379. The molecule has 0 atom stereocenters. The second-order valence-electron chi connectivity index (χ2n) is 2.95. The third-order valence-corrected chi connectivity index (χ3v) is 3.76. The number of nitrogens with one attached hydrogen (secondary N) is 3. The Labute approximate surface area is 127 Å². The Kier molecular flexibility index (Phi) is 11.0. The molecule has 0 unspecified atom stereocenters. The summed E-state index contributed by atoms with van der Waals surface area (Å²) in [5, 5.41) is 2.50. The van der Waals surface area contributed by atoms with Crippen LogP contribution in [0.25, 0.3) is 0 Å². The molecule has 0 aromatic carbocycles. The number of hydrogen-bond acceptors (Lipinski definition) is 4. The van der Waals surface area contributed by atoms with Crippen molar-refractivity contribution in [2.75, 3.05) is 24.3 Å². The molecule has 1 rings (SSSR count). The molecule has 1 aromatic heterocycles. The Hall–Kier alpha value is -0.0900. The maximum absolute atomic E-state index is 10.8. The highest BCUT2D eigenvalue weighted by atomic mass is 127. The summed E-state index contributed by atoms with van der Waals surface area (Å²) >= 11 is 3.29. The van der Waals surface area contributed by atoms with Gasteiger partial charge in [0.15, 0.2) is 0 Å². The molecule has 0 aliphatic heterocycles. The van der Waals surface area contributed by atoms with Crippen molar-refractivity contribution in [3.05, 3.63) is 18.2 Å². The first-order valence-corrected chi connectivity index (χ1v) is 7.12. The summed E-state index contributed by atoms with van der Waals surface area (Å²) in [7, 11) is 1.61. The first kappa shape index (κ1) is 16.9. The van der Waals surface area contributed by atoms with Crippen molar-refractivity contribution in [1.29, 1.82) is 0 Å². The van der Waals surface area contributed by atoms with E-state index in [0.29, 0.717) is 0 Å². The Morgan fingerprint density at radius 2 is 2.29 bits per heavy atom. The molecule has 98 valence electrons. The molecule has 0 spiro atoms. The number of urea groups is 1. The third kappa shape index (κ3) is 8.61. The number of halogens is 1. The number of hydrogen-bond donors (Lipinski definition) is 3. The number of carbonyl (C=O) groups is 1. The van der Waals surface area contributed by atoms with Crippen LogP contribution >= 0.6 is 47.7 Å². The fourth-order valence-corrected chi connectivity index (χ4v) is 2.67. The van der Waals surface area contributed by atoms with Gasteiger partial charge in [0.05, 0.1) is 12.0 Å². The highest BCUT2D eigenvalue weighted by molar-refractivity contribution is 14.0. The zero-order valence-corrected chi connectivity index (χ0v) is 13.5. The van der Waals surface area contributed by atoms with Gasteiger partial charge in [0.1, 0.15) is 0 Å². The minimum absolute atomic E-state index is 0. The summed E-state index contributed by atoms with van der Waals surface area (Å²) in [5.41, 5.74) is 1.10. The van der Waals surface area contributed by atoms with Gasteiger partial charge in [0.2, 0.25) is 0 Å². The van der Waals surface area contributed by atoms with Crippen LogP contribution in [0.2, 0.25) is 0 Å². The van der Waals surface area contributed by atoms with E-state index in [4.69, 9.17) is 0 Å². The minimum Gasteiger partial charge on any atom is -0.351 e. The van der Waals surface area contributed by atoms with E-state index in [2.05, 4.69) is 20.0 Å². The number of aryl methyl sites for hydroxylation is 1. The van der Waals surface area contributed by atoms with E-state index in [1.807, 2.05) is 18.0 Å². The molecule has 17 heavy (non-hydrogen) atoms. The van der Waals surface area contributed by atoms with Gasteiger partial charge < -0.3 is 10.3 Å². The van der Waals surface area contributed by atoms with Crippen molar-refractivity contribution >= 4 is 53.7 Å². The van der Waals surface area contributed by atoms with Crippen LogP contribution < -0.4 is 10.0 Å². The predicted octanol–water partition coefficient (Wildman–Crippen LogP) is 1.88. The number of aromatic nitrogens is 2. The van der Waals surface area contributed by atoms with E-state index < -0.39 is 0 Å². The van der Waals surface area contributed by atoms with E-state index >= 15 is 0 Å². The summed E-state index contributed by atoms with van der Waals surface area (Å²) in [6, 6.07) is -0.147. The second-order valence-corrected chi connectivity index (χ2v) is 5.08. The fraction of sp³-hybridized carbons (Fsp3) is 0.556. The third-order valence-electron chi connectivity index (χ3n) is 1.78. The Balaban J connectivity index is 0.00000256. The van der Waals surface area contributed by atoms with Gasteiger partial charge in [-0.2, -0.15) is 11.8 Å². The molecule has 0 saturated carbocycles. The van der Waals surface area contributed by atoms with Gasteiger partial charge in [0.25, 0.3) is 0 Å². The molecule has 1 aromatic rings. The molecule has 0 radical (unpaired) electrons. The maximum Gasteiger partial charge on any atom is 0.324 e. The lowest BCUT2D eigenvalue weighted by atomic mass is 10.4. The fourth-order valence-electron chi connectivity index (χ4n) is 0.975. The minimum atomic E-state index is -0.147. The summed E-state index contributed by atoms with van der Waals surface area (Å²) in [4.78, 5) is 17.9. The Bertz CT molecular complexity index is 297. The van der Waals surface area contributed by atoms with Crippen LogP contribution in [0.1, 0.15) is 5.69 Å². The van der Waals surface area contributed by atoms with Gasteiger partial charge in [-0.05, 0) is 17.7 Å². The normalized spacial score (nSPS) is 9.47. The van der Waals surface area contributed by atoms with E-state index in [-0.39, 0.29) is 30.0 Å². The smallest absolute Gasteiger partial charge is 0.324 e. The standard InChI is InChI=1S/C9H16N4OS2.HI/c1-10-9(14)13-16-5-4-15-3-2-8-6-11-7-12-8;/h6-7H,2-5H2,1H3,(H,11,12)(H2,10,13,14);1H. The van der Waals surface area contributed by atoms with Crippen molar-refractivity contribution in [2.45, 2.75) is 6.42 Å². The molecule has 5 nitrogen and oxygen atoms in total. The summed E-state index contributed by atoms with van der Waals surface area (Å²) < 4.78 is 2.67. The largest absolute Gasteiger partial charge is 0.351 e. The zero-order chi connectivity index (χ0) is 11.6. The average molecular weight is 388 g/mol. The molecule has 0 bridgehead atoms. The van der Waals surface area contributed by atoms with Gasteiger partial charge >= 0.3 is 6.03 Å². The van der Waals surface area contributed by atoms with Gasteiger partial charge in [-0.15, -0.1) is 24.0 Å². The number of H-pyrrole nitrogens is 1. The van der Waals surface area contributed by atoms with Crippen LogP contribution in [0.4, 0.5) is 4.79 Å². The van der Waals surface area contributed by atoms with E-state index in [9.17, 15) is 4.79 Å². The van der Waals surface area contributed by atoms with E-state index in [1.165, 1.54) is 11.9 Å². The van der Waals surface area contributed by atoms with Crippen molar-refractivity contribution in [1.82, 2.24) is 20.0 Å². The van der Waals surface area contributed by atoms with Crippen LogP contribution in [0, 0.1) is 0 Å². The molecule has 8 heteroatoms. The molecule has 0 aliphatic carbocycles. The average Bonchev–Trinajstić information content (AvgIpc) is 2.80. The highest BCUT2D eigenvalue weighted by Gasteiger charge is 1.97. The van der Waals surface area contributed by atoms with Crippen molar-refractivity contribution in [3.63, 3.8) is 0 Å². The molecular formula is C9H17IN4OS2. The molecule has 0 aliphatic rings. The summed E-state index contributed by atoms with van der Waals surface area (Å²) in [5.74, 6) is 3.00. The molecule has 1 heterocycles. The number of amides is 2. The highest BCUT2D eigenvalue weighted by Crippen LogP contribution is 2.06. The number of rotatable bonds is 7. The lowest BCUT2D eigenvalue weighted by Crippen LogP contribution is -2.27. The molecule has 0 fully saturated rings. The predicted molar refractivity (Wildman–Crippen MR) is 85.1 cm³/mol. The maximum atomic E-state index is 10.8. The van der Waals surface area contributed by atoms with Gasteiger partial charge in [-0.25, -0.2) is 9.78 Å². The Morgan fingerprint density at radius 3 is 2.94 bits per heavy atom. The first-order valence-electron chi connectivity index (χ1n) is 4.98. The van der Waals surface area contributed by atoms with Crippen LogP contribution in [0.5, 0.6) is 0 Å². The van der Waals surface area contributed by atoms with Crippen molar-refractivity contribution in [3.8, 4) is 0 Å². The lowest BCUT2D eigenvalue weighted by molar-refractivity contribution is 0.248. The molecule has 0 saturated heterocycles. The number of nitrogens with zero attached hydrogens (tertiary/aromatic N) is 1. The number of imidazole rings is 1. The van der Waals surface area contributed by atoms with Crippen LogP contribution in [0.15, 0.2) is 12.5 Å². The topological polar surface area (TPSA) is 69.8 Å². The summed E-state index contributed by atoms with van der Waals surface area (Å²) in [6.07, 6.45) is 4.60. The second kappa shape index (κ2) is 11.0. The molecular weight excluding hydrogens is 371 g/mol. The number of thioether (sulfide) groups is 1. The van der Waals surface area contributed by atoms with Gasteiger partial charge in [-0.3, -0.25) is 4.72 Å². The monoisotopic (exact) mass is 388 g/mol. The van der Waals surface area contributed by atoms with E-state index in [0.717, 1.165) is 29.4 Å².